The first kappa shape index (κ1) is 13.1. The first-order valence-electron chi connectivity index (χ1n) is 5.74. The lowest BCUT2D eigenvalue weighted by molar-refractivity contribution is 0.0939. The summed E-state index contributed by atoms with van der Waals surface area (Å²) in [4.78, 5) is 15.8. The zero-order chi connectivity index (χ0) is 13.8. The maximum atomic E-state index is 13.0. The molecule has 1 aromatic carbocycles. The number of halogens is 2. The van der Waals surface area contributed by atoms with Crippen molar-refractivity contribution in [2.75, 3.05) is 0 Å². The summed E-state index contributed by atoms with van der Waals surface area (Å²) in [7, 11) is 0. The maximum absolute atomic E-state index is 13.0. The SMILES string of the molecule is CC(NC(=O)c1ccc(F)c(F)c1)c1cccnc1. The molecule has 0 saturated carbocycles. The zero-order valence-electron chi connectivity index (χ0n) is 10.2. The minimum Gasteiger partial charge on any atom is -0.345 e. The predicted molar refractivity (Wildman–Crippen MR) is 66.5 cm³/mol. The fraction of sp³-hybridized carbons (Fsp3) is 0.143. The lowest BCUT2D eigenvalue weighted by atomic mass is 10.1. The van der Waals surface area contributed by atoms with E-state index in [1.54, 1.807) is 25.4 Å². The second-order valence-electron chi connectivity index (χ2n) is 4.11. The molecule has 1 heterocycles. The van der Waals surface area contributed by atoms with Gasteiger partial charge in [0.15, 0.2) is 11.6 Å². The summed E-state index contributed by atoms with van der Waals surface area (Å²) < 4.78 is 25.8. The third-order valence-electron chi connectivity index (χ3n) is 2.71. The topological polar surface area (TPSA) is 42.0 Å². The van der Waals surface area contributed by atoms with Gasteiger partial charge in [0.25, 0.3) is 5.91 Å². The Morgan fingerprint density at radius 2 is 2.05 bits per heavy atom. The third kappa shape index (κ3) is 3.13. The molecule has 98 valence electrons. The summed E-state index contributed by atoms with van der Waals surface area (Å²) in [5.74, 6) is -2.48. The molecule has 0 aliphatic rings. The van der Waals surface area contributed by atoms with Crippen LogP contribution in [-0.4, -0.2) is 10.9 Å². The number of hydrogen-bond donors (Lipinski definition) is 1. The van der Waals surface area contributed by atoms with Crippen LogP contribution in [0, 0.1) is 11.6 Å². The Balaban J connectivity index is 2.11. The van der Waals surface area contributed by atoms with Gasteiger partial charge in [0.1, 0.15) is 0 Å². The van der Waals surface area contributed by atoms with E-state index < -0.39 is 17.5 Å². The Bertz CT molecular complexity index is 587. The molecule has 0 aliphatic carbocycles. The van der Waals surface area contributed by atoms with Gasteiger partial charge in [0.05, 0.1) is 6.04 Å². The lowest BCUT2D eigenvalue weighted by Gasteiger charge is -2.13. The van der Waals surface area contributed by atoms with Gasteiger partial charge in [-0.1, -0.05) is 6.07 Å². The monoisotopic (exact) mass is 262 g/mol. The molecule has 1 N–H and O–H groups in total. The van der Waals surface area contributed by atoms with E-state index in [2.05, 4.69) is 10.3 Å². The fourth-order valence-corrected chi connectivity index (χ4v) is 1.63. The molecule has 0 radical (unpaired) electrons. The Kier molecular flexibility index (Phi) is 3.85. The minimum absolute atomic E-state index is 0.0784. The van der Waals surface area contributed by atoms with Crippen LogP contribution in [0.1, 0.15) is 28.9 Å². The molecule has 0 bridgehead atoms. The summed E-state index contributed by atoms with van der Waals surface area (Å²) in [6.07, 6.45) is 3.27. The number of hydrogen-bond acceptors (Lipinski definition) is 2. The fourth-order valence-electron chi connectivity index (χ4n) is 1.63. The number of carbonyl (C=O) groups is 1. The van der Waals surface area contributed by atoms with E-state index in [-0.39, 0.29) is 11.6 Å². The Morgan fingerprint density at radius 1 is 1.26 bits per heavy atom. The van der Waals surface area contributed by atoms with Crippen LogP contribution >= 0.6 is 0 Å². The number of amides is 1. The molecule has 1 unspecified atom stereocenters. The van der Waals surface area contributed by atoms with Crippen molar-refractivity contribution in [1.29, 1.82) is 0 Å². The Morgan fingerprint density at radius 3 is 2.68 bits per heavy atom. The molecule has 5 heteroatoms. The maximum Gasteiger partial charge on any atom is 0.251 e. The third-order valence-corrected chi connectivity index (χ3v) is 2.71. The van der Waals surface area contributed by atoms with Crippen molar-refractivity contribution in [2.45, 2.75) is 13.0 Å². The molecule has 1 aromatic heterocycles. The van der Waals surface area contributed by atoms with Crippen LogP contribution in [0.4, 0.5) is 8.78 Å². The number of nitrogens with zero attached hydrogens (tertiary/aromatic N) is 1. The van der Waals surface area contributed by atoms with Crippen molar-refractivity contribution in [3.63, 3.8) is 0 Å². The molecular weight excluding hydrogens is 250 g/mol. The zero-order valence-corrected chi connectivity index (χ0v) is 10.2. The van der Waals surface area contributed by atoms with Gasteiger partial charge in [-0.05, 0) is 36.8 Å². The minimum atomic E-state index is -1.04. The van der Waals surface area contributed by atoms with Crippen molar-refractivity contribution in [2.24, 2.45) is 0 Å². The summed E-state index contributed by atoms with van der Waals surface area (Å²) in [6.45, 7) is 1.79. The average molecular weight is 262 g/mol. The first-order chi connectivity index (χ1) is 9.08. The van der Waals surface area contributed by atoms with Crippen LogP contribution in [0.25, 0.3) is 0 Å². The summed E-state index contributed by atoms with van der Waals surface area (Å²) in [5.41, 5.74) is 0.910. The van der Waals surface area contributed by atoms with Crippen LogP contribution in [0.2, 0.25) is 0 Å². The highest BCUT2D eigenvalue weighted by molar-refractivity contribution is 5.94. The van der Waals surface area contributed by atoms with E-state index in [1.165, 1.54) is 6.07 Å². The van der Waals surface area contributed by atoms with Gasteiger partial charge < -0.3 is 5.32 Å². The lowest BCUT2D eigenvalue weighted by Crippen LogP contribution is -2.26. The van der Waals surface area contributed by atoms with Gasteiger partial charge in [-0.2, -0.15) is 0 Å². The van der Waals surface area contributed by atoms with Crippen LogP contribution in [0.3, 0.4) is 0 Å². The highest BCUT2D eigenvalue weighted by Crippen LogP contribution is 2.13. The van der Waals surface area contributed by atoms with Crippen molar-refractivity contribution in [1.82, 2.24) is 10.3 Å². The Labute approximate surface area is 109 Å². The first-order valence-corrected chi connectivity index (χ1v) is 5.74. The van der Waals surface area contributed by atoms with Gasteiger partial charge in [-0.3, -0.25) is 9.78 Å². The van der Waals surface area contributed by atoms with Crippen LogP contribution in [-0.2, 0) is 0 Å². The van der Waals surface area contributed by atoms with Crippen LogP contribution < -0.4 is 5.32 Å². The van der Waals surface area contributed by atoms with Gasteiger partial charge in [-0.25, -0.2) is 8.78 Å². The van der Waals surface area contributed by atoms with E-state index in [1.807, 2.05) is 6.07 Å². The van der Waals surface area contributed by atoms with Crippen molar-refractivity contribution >= 4 is 5.91 Å². The van der Waals surface area contributed by atoms with E-state index >= 15 is 0 Å². The largest absolute Gasteiger partial charge is 0.345 e. The predicted octanol–water partition coefficient (Wildman–Crippen LogP) is 2.85. The van der Waals surface area contributed by atoms with Crippen molar-refractivity contribution < 1.29 is 13.6 Å². The normalized spacial score (nSPS) is 11.9. The standard InChI is InChI=1S/C14H12F2N2O/c1-9(11-3-2-6-17-8-11)18-14(19)10-4-5-12(15)13(16)7-10/h2-9H,1H3,(H,18,19). The summed E-state index contributed by atoms with van der Waals surface area (Å²) in [5, 5.41) is 2.69. The molecule has 0 aliphatic heterocycles. The molecule has 0 saturated heterocycles. The molecular formula is C14H12F2N2O. The average Bonchev–Trinajstić information content (AvgIpc) is 2.42. The Hall–Kier alpha value is -2.30. The molecule has 1 amide bonds. The number of benzene rings is 1. The molecule has 1 atom stereocenters. The van der Waals surface area contributed by atoms with E-state index in [4.69, 9.17) is 0 Å². The summed E-state index contributed by atoms with van der Waals surface area (Å²) in [6, 6.07) is 6.36. The van der Waals surface area contributed by atoms with Crippen LogP contribution in [0.15, 0.2) is 42.7 Å². The van der Waals surface area contributed by atoms with Crippen molar-refractivity contribution in [3.05, 3.63) is 65.5 Å². The number of carbonyl (C=O) groups excluding carboxylic acids is 1. The molecule has 0 spiro atoms. The quantitative estimate of drug-likeness (QED) is 0.924. The number of aromatic nitrogens is 1. The summed E-state index contributed by atoms with van der Waals surface area (Å²) >= 11 is 0. The molecule has 3 nitrogen and oxygen atoms in total. The van der Waals surface area contributed by atoms with E-state index in [0.29, 0.717) is 0 Å². The van der Waals surface area contributed by atoms with E-state index in [9.17, 15) is 13.6 Å². The second-order valence-corrected chi connectivity index (χ2v) is 4.11. The highest BCUT2D eigenvalue weighted by atomic mass is 19.2. The van der Waals surface area contributed by atoms with Gasteiger partial charge in [-0.15, -0.1) is 0 Å². The number of rotatable bonds is 3. The highest BCUT2D eigenvalue weighted by Gasteiger charge is 2.13. The van der Waals surface area contributed by atoms with Crippen LogP contribution in [0.5, 0.6) is 0 Å². The molecule has 2 rings (SSSR count). The molecule has 0 fully saturated rings. The van der Waals surface area contributed by atoms with Gasteiger partial charge >= 0.3 is 0 Å². The van der Waals surface area contributed by atoms with Crippen molar-refractivity contribution in [3.8, 4) is 0 Å². The molecule has 19 heavy (non-hydrogen) atoms. The smallest absolute Gasteiger partial charge is 0.251 e. The number of nitrogens with one attached hydrogen (secondary N) is 1. The van der Waals surface area contributed by atoms with Gasteiger partial charge in [0, 0.05) is 18.0 Å². The van der Waals surface area contributed by atoms with E-state index in [0.717, 1.165) is 17.7 Å². The second kappa shape index (κ2) is 5.56. The van der Waals surface area contributed by atoms with Gasteiger partial charge in [0.2, 0.25) is 0 Å². The molecule has 2 aromatic rings. The number of pyridine rings is 1.